The van der Waals surface area contributed by atoms with Gasteiger partial charge in [0.15, 0.2) is 0 Å². The molecule has 1 unspecified atom stereocenters. The zero-order valence-corrected chi connectivity index (χ0v) is 8.99. The van der Waals surface area contributed by atoms with E-state index in [0.29, 0.717) is 6.61 Å². The van der Waals surface area contributed by atoms with Gasteiger partial charge in [0, 0.05) is 20.6 Å². The Balaban J connectivity index is 2.20. The van der Waals surface area contributed by atoms with Gasteiger partial charge in [-0.25, -0.2) is 0 Å². The Kier molecular flexibility index (Phi) is 2.84. The van der Waals surface area contributed by atoms with E-state index in [1.165, 1.54) is 0 Å². The molecule has 5 heteroatoms. The van der Waals surface area contributed by atoms with Crippen molar-refractivity contribution in [3.8, 4) is 0 Å². The standard InChI is InChI=1S/C9H17BO4/c1-11-5-9-3-4-13-6(7(9)12-2)8(10)14-9/h6-8H,3-5,10H2,1-2H3/t6-,7?,8-,9-/m0/s1. The lowest BCUT2D eigenvalue weighted by Gasteiger charge is -2.37. The molecule has 0 radical (unpaired) electrons. The van der Waals surface area contributed by atoms with Crippen LogP contribution in [0.25, 0.3) is 0 Å². The first kappa shape index (κ1) is 10.4. The van der Waals surface area contributed by atoms with Crippen molar-refractivity contribution in [3.63, 3.8) is 0 Å². The van der Waals surface area contributed by atoms with E-state index >= 15 is 0 Å². The first-order valence-electron chi connectivity index (χ1n) is 5.04. The maximum absolute atomic E-state index is 5.94. The molecule has 2 rings (SSSR count). The molecule has 0 saturated carbocycles. The third-order valence-electron chi connectivity index (χ3n) is 3.18. The first-order chi connectivity index (χ1) is 6.73. The number of ether oxygens (including phenoxy) is 4. The fourth-order valence-electron chi connectivity index (χ4n) is 2.62. The molecular weight excluding hydrogens is 183 g/mol. The van der Waals surface area contributed by atoms with Crippen LogP contribution in [-0.2, 0) is 18.9 Å². The van der Waals surface area contributed by atoms with Crippen molar-refractivity contribution < 1.29 is 18.9 Å². The Morgan fingerprint density at radius 3 is 2.93 bits per heavy atom. The lowest BCUT2D eigenvalue weighted by molar-refractivity contribution is -0.155. The highest BCUT2D eigenvalue weighted by Gasteiger charge is 2.57. The molecule has 0 aromatic heterocycles. The molecule has 0 N–H and O–H groups in total. The van der Waals surface area contributed by atoms with Gasteiger partial charge in [0.1, 0.15) is 25.7 Å². The molecule has 2 bridgehead atoms. The Morgan fingerprint density at radius 2 is 2.29 bits per heavy atom. The van der Waals surface area contributed by atoms with Crippen LogP contribution in [0.4, 0.5) is 0 Å². The summed E-state index contributed by atoms with van der Waals surface area (Å²) in [5.74, 6) is 0. The Bertz CT molecular complexity index is 209. The molecule has 0 amide bonds. The van der Waals surface area contributed by atoms with Crippen molar-refractivity contribution in [1.82, 2.24) is 0 Å². The van der Waals surface area contributed by atoms with Gasteiger partial charge in [0.05, 0.1) is 19.2 Å². The smallest absolute Gasteiger partial charge is 0.142 e. The van der Waals surface area contributed by atoms with Crippen LogP contribution in [0.1, 0.15) is 6.42 Å². The summed E-state index contributed by atoms with van der Waals surface area (Å²) in [6.45, 7) is 1.31. The van der Waals surface area contributed by atoms with Gasteiger partial charge >= 0.3 is 0 Å². The van der Waals surface area contributed by atoms with Crippen LogP contribution in [0.3, 0.4) is 0 Å². The molecule has 4 atom stereocenters. The van der Waals surface area contributed by atoms with Gasteiger partial charge < -0.3 is 18.9 Å². The molecule has 2 saturated heterocycles. The van der Waals surface area contributed by atoms with Crippen molar-refractivity contribution in [2.45, 2.75) is 30.2 Å². The van der Waals surface area contributed by atoms with Gasteiger partial charge in [0.2, 0.25) is 0 Å². The predicted molar refractivity (Wildman–Crippen MR) is 53.2 cm³/mol. The third-order valence-corrected chi connectivity index (χ3v) is 3.18. The van der Waals surface area contributed by atoms with Crippen LogP contribution in [0.2, 0.25) is 0 Å². The average Bonchev–Trinajstić information content (AvgIpc) is 2.30. The lowest BCUT2D eigenvalue weighted by Crippen LogP contribution is -2.52. The maximum Gasteiger partial charge on any atom is 0.142 e. The summed E-state index contributed by atoms with van der Waals surface area (Å²) in [5, 5.41) is 0. The largest absolute Gasteiger partial charge is 0.382 e. The van der Waals surface area contributed by atoms with Gasteiger partial charge in [-0.05, 0) is 0 Å². The topological polar surface area (TPSA) is 36.9 Å². The number of fused-ring (bicyclic) bond motifs is 2. The summed E-state index contributed by atoms with van der Waals surface area (Å²) >= 11 is 0. The van der Waals surface area contributed by atoms with E-state index < -0.39 is 0 Å². The van der Waals surface area contributed by atoms with E-state index in [9.17, 15) is 0 Å². The van der Waals surface area contributed by atoms with Gasteiger partial charge in [-0.15, -0.1) is 0 Å². The minimum absolute atomic E-state index is 0.00574. The van der Waals surface area contributed by atoms with Crippen LogP contribution in [0, 0.1) is 0 Å². The fourth-order valence-corrected chi connectivity index (χ4v) is 2.62. The second kappa shape index (κ2) is 3.81. The first-order valence-corrected chi connectivity index (χ1v) is 5.04. The van der Waals surface area contributed by atoms with E-state index in [1.54, 1.807) is 14.2 Å². The summed E-state index contributed by atoms with van der Waals surface area (Å²) < 4.78 is 22.3. The van der Waals surface area contributed by atoms with Gasteiger partial charge in [0.25, 0.3) is 0 Å². The zero-order chi connectivity index (χ0) is 10.2. The highest BCUT2D eigenvalue weighted by atomic mass is 16.6. The van der Waals surface area contributed by atoms with Gasteiger partial charge in [-0.2, -0.15) is 0 Å². The molecule has 2 aliphatic rings. The molecule has 2 aliphatic heterocycles. The van der Waals surface area contributed by atoms with E-state index in [-0.39, 0.29) is 23.8 Å². The summed E-state index contributed by atoms with van der Waals surface area (Å²) in [6, 6.07) is 0.0950. The van der Waals surface area contributed by atoms with Crippen molar-refractivity contribution in [1.29, 1.82) is 0 Å². The van der Waals surface area contributed by atoms with E-state index in [4.69, 9.17) is 18.9 Å². The average molecular weight is 200 g/mol. The minimum atomic E-state index is -0.286. The Hall–Kier alpha value is -0.0951. The molecule has 4 nitrogen and oxygen atoms in total. The second-order valence-corrected chi connectivity index (χ2v) is 4.06. The lowest BCUT2D eigenvalue weighted by atomic mass is 9.86. The normalized spacial score (nSPS) is 46.9. The number of hydrogen-bond acceptors (Lipinski definition) is 4. The van der Waals surface area contributed by atoms with Crippen LogP contribution in [-0.4, -0.2) is 59.1 Å². The zero-order valence-electron chi connectivity index (χ0n) is 8.99. The molecule has 0 aliphatic carbocycles. The highest BCUT2D eigenvalue weighted by molar-refractivity contribution is 6.11. The summed E-state index contributed by atoms with van der Waals surface area (Å²) in [7, 11) is 5.43. The number of hydrogen-bond donors (Lipinski definition) is 0. The van der Waals surface area contributed by atoms with Crippen molar-refractivity contribution in [2.24, 2.45) is 0 Å². The van der Waals surface area contributed by atoms with Gasteiger partial charge in [-0.1, -0.05) is 0 Å². The predicted octanol–water partition coefficient (Wildman–Crippen LogP) is -0.835. The summed E-state index contributed by atoms with van der Waals surface area (Å²) in [4.78, 5) is 0. The van der Waals surface area contributed by atoms with E-state index in [1.807, 2.05) is 7.85 Å². The molecule has 0 aromatic carbocycles. The van der Waals surface area contributed by atoms with E-state index in [2.05, 4.69) is 0 Å². The van der Waals surface area contributed by atoms with Crippen LogP contribution < -0.4 is 0 Å². The Labute approximate surface area is 85.3 Å². The molecule has 80 valence electrons. The van der Waals surface area contributed by atoms with Crippen molar-refractivity contribution >= 4 is 7.85 Å². The van der Waals surface area contributed by atoms with Crippen molar-refractivity contribution in [3.05, 3.63) is 0 Å². The number of methoxy groups -OCH3 is 2. The maximum atomic E-state index is 5.94. The van der Waals surface area contributed by atoms with Gasteiger partial charge in [-0.3, -0.25) is 0 Å². The summed E-state index contributed by atoms with van der Waals surface area (Å²) in [6.07, 6.45) is 0.912. The van der Waals surface area contributed by atoms with E-state index in [0.717, 1.165) is 13.0 Å². The number of rotatable bonds is 3. The Morgan fingerprint density at radius 1 is 1.50 bits per heavy atom. The molecule has 2 heterocycles. The van der Waals surface area contributed by atoms with Crippen LogP contribution in [0.15, 0.2) is 0 Å². The van der Waals surface area contributed by atoms with Crippen LogP contribution in [0.5, 0.6) is 0 Å². The monoisotopic (exact) mass is 200 g/mol. The van der Waals surface area contributed by atoms with Crippen LogP contribution >= 0.6 is 0 Å². The molecule has 0 spiro atoms. The fraction of sp³-hybridized carbons (Fsp3) is 1.00. The summed E-state index contributed by atoms with van der Waals surface area (Å²) in [5.41, 5.74) is -0.286. The second-order valence-electron chi connectivity index (χ2n) is 4.06. The molecule has 0 aromatic rings. The third kappa shape index (κ3) is 1.39. The molecule has 2 fully saturated rings. The van der Waals surface area contributed by atoms with Crippen molar-refractivity contribution in [2.75, 3.05) is 27.4 Å². The SMILES string of the molecule is B[C@H]1O[C@]2(COC)CCO[C@H]1C2OC. The molecule has 14 heavy (non-hydrogen) atoms. The highest BCUT2D eigenvalue weighted by Crippen LogP contribution is 2.40. The quantitative estimate of drug-likeness (QED) is 0.557. The molecular formula is C9H17BO4. The minimum Gasteiger partial charge on any atom is -0.382 e.